The number of nitrogens with zero attached hydrogens (tertiary/aromatic N) is 2. The Hall–Kier alpha value is -3.76. The molecule has 2 heterocycles. The molecule has 5 atom stereocenters. The highest BCUT2D eigenvalue weighted by molar-refractivity contribution is 5.93. The molecule has 1 aromatic carbocycles. The first-order chi connectivity index (χ1) is 21.9. The average Bonchev–Trinajstić information content (AvgIpc) is 3.33. The van der Waals surface area contributed by atoms with Crippen molar-refractivity contribution in [2.24, 2.45) is 11.3 Å². The molecule has 0 unspecified atom stereocenters. The normalized spacial score (nSPS) is 27.0. The summed E-state index contributed by atoms with van der Waals surface area (Å²) in [5, 5.41) is 8.81. The fraction of sp³-hybridized carbons (Fsp3) is 0.657. The first-order valence-electron chi connectivity index (χ1n) is 16.9. The molecule has 0 radical (unpaired) electrons. The Labute approximate surface area is 272 Å². The Bertz CT molecular complexity index is 1300. The minimum Gasteiger partial charge on any atom is -0.446 e. The number of hydrogen-bond donors (Lipinski definition) is 3. The van der Waals surface area contributed by atoms with Crippen LogP contribution < -0.4 is 20.9 Å². The van der Waals surface area contributed by atoms with Gasteiger partial charge in [0.2, 0.25) is 11.8 Å². The van der Waals surface area contributed by atoms with Gasteiger partial charge < -0.3 is 29.9 Å². The molecule has 252 valence electrons. The highest BCUT2D eigenvalue weighted by Gasteiger charge is 2.52. The second kappa shape index (κ2) is 13.9. The molecule has 2 saturated heterocycles. The van der Waals surface area contributed by atoms with E-state index < -0.39 is 47.2 Å². The third-order valence-corrected chi connectivity index (χ3v) is 9.91. The second-order valence-corrected chi connectivity index (χ2v) is 14.7. The molecule has 2 saturated carbocycles. The lowest BCUT2D eigenvalue weighted by molar-refractivity contribution is -0.142. The molecule has 5 rings (SSSR count). The Balaban J connectivity index is 1.30. The number of alkyl carbamates (subject to hydrolysis) is 1. The Morgan fingerprint density at radius 3 is 2.30 bits per heavy atom. The smallest absolute Gasteiger partial charge is 0.412 e. The van der Waals surface area contributed by atoms with Crippen LogP contribution in [0.1, 0.15) is 85.5 Å². The maximum atomic E-state index is 14.2. The number of piperidine rings is 1. The number of benzene rings is 1. The first kappa shape index (κ1) is 33.6. The molecule has 0 aromatic heterocycles. The summed E-state index contributed by atoms with van der Waals surface area (Å²) in [6.45, 7) is 13.3. The molecule has 46 heavy (non-hydrogen) atoms. The van der Waals surface area contributed by atoms with Crippen LogP contribution in [0.15, 0.2) is 36.9 Å². The molecule has 3 N–H and O–H groups in total. The van der Waals surface area contributed by atoms with E-state index in [2.05, 4.69) is 27.4 Å². The lowest BCUT2D eigenvalue weighted by Gasteiger charge is -2.35. The van der Waals surface area contributed by atoms with Crippen LogP contribution in [-0.2, 0) is 19.1 Å². The predicted molar refractivity (Wildman–Crippen MR) is 176 cm³/mol. The lowest BCUT2D eigenvalue weighted by atomic mass is 9.85. The van der Waals surface area contributed by atoms with Crippen molar-refractivity contribution < 1.29 is 28.7 Å². The fourth-order valence-corrected chi connectivity index (χ4v) is 7.03. The Morgan fingerprint density at radius 1 is 0.978 bits per heavy atom. The Morgan fingerprint density at radius 2 is 1.65 bits per heavy atom. The van der Waals surface area contributed by atoms with Crippen LogP contribution in [-0.4, -0.2) is 78.4 Å². The van der Waals surface area contributed by atoms with E-state index >= 15 is 0 Å². The van der Waals surface area contributed by atoms with Crippen molar-refractivity contribution in [3.63, 3.8) is 0 Å². The van der Waals surface area contributed by atoms with Crippen molar-refractivity contribution in [1.29, 1.82) is 0 Å². The van der Waals surface area contributed by atoms with E-state index in [0.717, 1.165) is 63.7 Å². The van der Waals surface area contributed by atoms with E-state index in [1.165, 1.54) is 11.3 Å². The van der Waals surface area contributed by atoms with E-state index in [1.54, 1.807) is 0 Å². The van der Waals surface area contributed by atoms with Gasteiger partial charge in [0.05, 0.1) is 17.9 Å². The quantitative estimate of drug-likeness (QED) is 0.311. The SMILES string of the molecule is C=C[C@@H]1C[C@@]1(C)NC(=O)[C@@H]1C[C@@H](OC(=O)Nc2ccccc2N2CCCCC2)CN1C(=O)[C@@H](NC(=O)OC1CCCC1)C(C)(C)C. The number of carbonyl (C=O) groups is 4. The van der Waals surface area contributed by atoms with Gasteiger partial charge in [-0.05, 0) is 75.8 Å². The van der Waals surface area contributed by atoms with Crippen molar-refractivity contribution in [1.82, 2.24) is 15.5 Å². The highest BCUT2D eigenvalue weighted by atomic mass is 16.6. The van der Waals surface area contributed by atoms with Gasteiger partial charge in [0.15, 0.2) is 0 Å². The summed E-state index contributed by atoms with van der Waals surface area (Å²) in [6, 6.07) is 5.81. The van der Waals surface area contributed by atoms with Gasteiger partial charge >= 0.3 is 12.2 Å². The van der Waals surface area contributed by atoms with Crippen LogP contribution in [0.4, 0.5) is 21.0 Å². The molecule has 4 amide bonds. The van der Waals surface area contributed by atoms with Crippen molar-refractivity contribution >= 4 is 35.4 Å². The number of likely N-dealkylation sites (tertiary alicyclic amines) is 1. The monoisotopic (exact) mass is 637 g/mol. The molecular formula is C35H51N5O6. The summed E-state index contributed by atoms with van der Waals surface area (Å²) in [4.78, 5) is 57.8. The summed E-state index contributed by atoms with van der Waals surface area (Å²) in [5.74, 6) is -0.586. The van der Waals surface area contributed by atoms with Crippen LogP contribution >= 0.6 is 0 Å². The number of anilines is 2. The third kappa shape index (κ3) is 7.96. The van der Waals surface area contributed by atoms with Crippen molar-refractivity contribution in [2.45, 2.75) is 115 Å². The standard InChI is InChI=1S/C35H51N5O6/c1-6-23-21-35(23,5)38-30(41)28-20-25(46-32(43)36-26-16-10-11-17-27(26)39-18-12-7-13-19-39)22-40(28)31(42)29(34(2,3)4)37-33(44)45-24-14-8-9-15-24/h6,10-11,16-17,23-25,28-29H,1,7-9,12-15,18-22H2,2-5H3,(H,36,43)(H,37,44)(H,38,41)/t23-,25-,28+,29-,35-/m1/s1. The molecule has 2 aliphatic heterocycles. The molecule has 4 aliphatic rings. The van der Waals surface area contributed by atoms with Gasteiger partial charge in [0.25, 0.3) is 0 Å². The van der Waals surface area contributed by atoms with Crippen LogP contribution in [0.25, 0.3) is 0 Å². The van der Waals surface area contributed by atoms with E-state index in [4.69, 9.17) is 9.47 Å². The zero-order valence-corrected chi connectivity index (χ0v) is 27.8. The zero-order valence-electron chi connectivity index (χ0n) is 27.8. The Kier molecular flexibility index (Phi) is 10.2. The van der Waals surface area contributed by atoms with Gasteiger partial charge in [-0.1, -0.05) is 39.0 Å². The second-order valence-electron chi connectivity index (χ2n) is 14.7. The van der Waals surface area contributed by atoms with Gasteiger partial charge in [0.1, 0.15) is 24.3 Å². The maximum Gasteiger partial charge on any atom is 0.412 e. The lowest BCUT2D eigenvalue weighted by Crippen LogP contribution is -2.58. The van der Waals surface area contributed by atoms with Gasteiger partial charge in [-0.2, -0.15) is 0 Å². The number of carbonyl (C=O) groups excluding carboxylic acids is 4. The zero-order chi connectivity index (χ0) is 33.1. The number of para-hydroxylation sites is 2. The summed E-state index contributed by atoms with van der Waals surface area (Å²) in [5.41, 5.74) is 0.481. The average molecular weight is 638 g/mol. The summed E-state index contributed by atoms with van der Waals surface area (Å²) < 4.78 is 11.5. The number of rotatable bonds is 9. The molecule has 1 aromatic rings. The summed E-state index contributed by atoms with van der Waals surface area (Å²) >= 11 is 0. The van der Waals surface area contributed by atoms with E-state index in [0.29, 0.717) is 5.69 Å². The minimum atomic E-state index is -0.960. The van der Waals surface area contributed by atoms with E-state index in [1.807, 2.05) is 58.0 Å². The molecule has 4 fully saturated rings. The van der Waals surface area contributed by atoms with Gasteiger partial charge in [0, 0.05) is 31.0 Å². The van der Waals surface area contributed by atoms with Crippen LogP contribution in [0.3, 0.4) is 0 Å². The number of hydrogen-bond acceptors (Lipinski definition) is 7. The van der Waals surface area contributed by atoms with Gasteiger partial charge in [-0.15, -0.1) is 6.58 Å². The fourth-order valence-electron chi connectivity index (χ4n) is 7.03. The summed E-state index contributed by atoms with van der Waals surface area (Å²) in [7, 11) is 0. The number of nitrogens with one attached hydrogen (secondary N) is 3. The van der Waals surface area contributed by atoms with Crippen molar-refractivity contribution in [3.8, 4) is 0 Å². The van der Waals surface area contributed by atoms with E-state index in [-0.39, 0.29) is 30.9 Å². The predicted octanol–water partition coefficient (Wildman–Crippen LogP) is 5.36. The van der Waals surface area contributed by atoms with Gasteiger partial charge in [-0.3, -0.25) is 14.9 Å². The molecular weight excluding hydrogens is 586 g/mol. The molecule has 11 heteroatoms. The maximum absolute atomic E-state index is 14.2. The largest absolute Gasteiger partial charge is 0.446 e. The number of ether oxygens (including phenoxy) is 2. The molecule has 0 bridgehead atoms. The molecule has 11 nitrogen and oxygen atoms in total. The topological polar surface area (TPSA) is 129 Å². The third-order valence-electron chi connectivity index (χ3n) is 9.91. The first-order valence-corrected chi connectivity index (χ1v) is 16.9. The van der Waals surface area contributed by atoms with Crippen molar-refractivity contribution in [3.05, 3.63) is 36.9 Å². The van der Waals surface area contributed by atoms with Crippen LogP contribution in [0, 0.1) is 11.3 Å². The van der Waals surface area contributed by atoms with Crippen molar-refractivity contribution in [2.75, 3.05) is 29.9 Å². The van der Waals surface area contributed by atoms with Crippen LogP contribution in [0.5, 0.6) is 0 Å². The van der Waals surface area contributed by atoms with E-state index in [9.17, 15) is 19.2 Å². The van der Waals surface area contributed by atoms with Gasteiger partial charge in [-0.25, -0.2) is 9.59 Å². The molecule has 2 aliphatic carbocycles. The minimum absolute atomic E-state index is 0.0195. The molecule has 0 spiro atoms. The highest BCUT2D eigenvalue weighted by Crippen LogP contribution is 2.44. The number of amides is 4. The summed E-state index contributed by atoms with van der Waals surface area (Å²) in [6.07, 6.45) is 7.59. The van der Waals surface area contributed by atoms with Crippen LogP contribution in [0.2, 0.25) is 0 Å².